The van der Waals surface area contributed by atoms with Gasteiger partial charge in [-0.25, -0.2) is 4.79 Å². The Bertz CT molecular complexity index is 659. The maximum absolute atomic E-state index is 12.6. The molecule has 2 amide bonds. The van der Waals surface area contributed by atoms with Gasteiger partial charge < -0.3 is 15.4 Å². The molecule has 2 N–H and O–H groups in total. The highest BCUT2D eigenvalue weighted by atomic mass is 16.5. The van der Waals surface area contributed by atoms with E-state index in [1.165, 1.54) is 0 Å². The number of ether oxygens (including phenoxy) is 1. The van der Waals surface area contributed by atoms with Gasteiger partial charge in [-0.2, -0.15) is 0 Å². The highest BCUT2D eigenvalue weighted by Crippen LogP contribution is 2.41. The zero-order valence-corrected chi connectivity index (χ0v) is 13.0. The van der Waals surface area contributed by atoms with Crippen molar-refractivity contribution >= 4 is 11.8 Å². The molecule has 1 unspecified atom stereocenters. The molecule has 5 heteroatoms. The molecule has 1 atom stereocenters. The zero-order valence-electron chi connectivity index (χ0n) is 13.0. The third-order valence-electron chi connectivity index (χ3n) is 4.20. The number of hydrogen-bond acceptors (Lipinski definition) is 3. The van der Waals surface area contributed by atoms with E-state index in [1.807, 2.05) is 38.1 Å². The molecular formula is C17H20N2O3. The molecule has 0 bridgehead atoms. The lowest BCUT2D eigenvalue weighted by atomic mass is 9.73. The fraction of sp³-hybridized carbons (Fsp3) is 0.412. The van der Waals surface area contributed by atoms with Gasteiger partial charge in [-0.05, 0) is 29.5 Å². The number of urea groups is 1. The minimum absolute atomic E-state index is 0.0968. The van der Waals surface area contributed by atoms with E-state index in [2.05, 4.69) is 10.6 Å². The van der Waals surface area contributed by atoms with E-state index in [1.54, 1.807) is 7.11 Å². The summed E-state index contributed by atoms with van der Waals surface area (Å²) in [5, 5.41) is 5.67. The number of nitrogens with one attached hydrogen (secondary N) is 2. The Morgan fingerprint density at radius 3 is 2.45 bits per heavy atom. The molecule has 1 aliphatic heterocycles. The van der Waals surface area contributed by atoms with Gasteiger partial charge in [-0.3, -0.25) is 4.79 Å². The third kappa shape index (κ3) is 2.58. The number of benzene rings is 1. The Labute approximate surface area is 129 Å². The summed E-state index contributed by atoms with van der Waals surface area (Å²) in [4.78, 5) is 24.5. The number of rotatable bonds is 2. The quantitative estimate of drug-likeness (QED) is 0.882. The van der Waals surface area contributed by atoms with Crippen LogP contribution in [-0.2, 0) is 4.79 Å². The molecule has 0 spiro atoms. The lowest BCUT2D eigenvalue weighted by Gasteiger charge is -2.38. The maximum Gasteiger partial charge on any atom is 0.319 e. The van der Waals surface area contributed by atoms with E-state index in [0.717, 1.165) is 17.0 Å². The highest BCUT2D eigenvalue weighted by Gasteiger charge is 2.40. The number of Topliss-reactive ketones (excluding diaryl/α,β-unsaturated/α-hetero) is 1. The first kappa shape index (κ1) is 14.6. The molecular weight excluding hydrogens is 280 g/mol. The first-order chi connectivity index (χ1) is 10.4. The standard InChI is InChI=1S/C17H20N2O3/c1-17(2)8-12-14(13(20)9-17)15(19-16(21)18-12)10-4-6-11(22-3)7-5-10/h4-7,15H,8-9H2,1-3H3,(H2,18,19,21). The predicted octanol–water partition coefficient (Wildman–Crippen LogP) is 2.69. The number of ketones is 1. The van der Waals surface area contributed by atoms with E-state index >= 15 is 0 Å². The summed E-state index contributed by atoms with van der Waals surface area (Å²) in [6.45, 7) is 4.09. The van der Waals surface area contributed by atoms with Gasteiger partial charge in [0.25, 0.3) is 0 Å². The SMILES string of the molecule is COc1ccc(C2NC(=O)NC3=C2C(=O)CC(C)(C)C3)cc1. The minimum Gasteiger partial charge on any atom is -0.497 e. The Morgan fingerprint density at radius 2 is 1.82 bits per heavy atom. The van der Waals surface area contributed by atoms with E-state index < -0.39 is 6.04 Å². The van der Waals surface area contributed by atoms with Crippen molar-refractivity contribution in [1.82, 2.24) is 10.6 Å². The molecule has 1 aliphatic carbocycles. The maximum atomic E-state index is 12.6. The molecule has 1 aromatic rings. The molecule has 0 saturated heterocycles. The second-order valence-electron chi connectivity index (χ2n) is 6.64. The summed E-state index contributed by atoms with van der Waals surface area (Å²) in [6, 6.07) is 6.78. The normalized spacial score (nSPS) is 23.5. The van der Waals surface area contributed by atoms with Crippen molar-refractivity contribution in [1.29, 1.82) is 0 Å². The van der Waals surface area contributed by atoms with Gasteiger partial charge >= 0.3 is 6.03 Å². The first-order valence-corrected chi connectivity index (χ1v) is 7.37. The van der Waals surface area contributed by atoms with Gasteiger partial charge in [0.15, 0.2) is 5.78 Å². The first-order valence-electron chi connectivity index (χ1n) is 7.37. The molecule has 1 heterocycles. The summed E-state index contributed by atoms with van der Waals surface area (Å²) in [7, 11) is 1.61. The highest BCUT2D eigenvalue weighted by molar-refractivity contribution is 6.01. The van der Waals surface area contributed by atoms with E-state index in [-0.39, 0.29) is 17.2 Å². The average Bonchev–Trinajstić information content (AvgIpc) is 2.44. The number of hydrogen-bond donors (Lipinski definition) is 2. The molecule has 116 valence electrons. The van der Waals surface area contributed by atoms with Crippen LogP contribution >= 0.6 is 0 Å². The lowest BCUT2D eigenvalue weighted by molar-refractivity contribution is -0.118. The fourth-order valence-electron chi connectivity index (χ4n) is 3.20. The Balaban J connectivity index is 2.02. The van der Waals surface area contributed by atoms with Crippen LogP contribution in [0.2, 0.25) is 0 Å². The van der Waals surface area contributed by atoms with Crippen molar-refractivity contribution in [3.05, 3.63) is 41.1 Å². The number of carbonyl (C=O) groups excluding carboxylic acids is 2. The summed E-state index contributed by atoms with van der Waals surface area (Å²) >= 11 is 0. The van der Waals surface area contributed by atoms with Gasteiger partial charge in [-0.1, -0.05) is 26.0 Å². The van der Waals surface area contributed by atoms with Crippen LogP contribution in [0.5, 0.6) is 5.75 Å². The number of allylic oxidation sites excluding steroid dienone is 1. The monoisotopic (exact) mass is 300 g/mol. The smallest absolute Gasteiger partial charge is 0.319 e. The van der Waals surface area contributed by atoms with Crippen LogP contribution in [0.15, 0.2) is 35.5 Å². The lowest BCUT2D eigenvalue weighted by Crippen LogP contribution is -2.48. The van der Waals surface area contributed by atoms with Crippen LogP contribution in [0.25, 0.3) is 0 Å². The van der Waals surface area contributed by atoms with Crippen LogP contribution < -0.4 is 15.4 Å². The molecule has 22 heavy (non-hydrogen) atoms. The van der Waals surface area contributed by atoms with Crippen molar-refractivity contribution in [2.24, 2.45) is 5.41 Å². The van der Waals surface area contributed by atoms with Crippen molar-refractivity contribution in [2.45, 2.75) is 32.7 Å². The molecule has 5 nitrogen and oxygen atoms in total. The van der Waals surface area contributed by atoms with E-state index in [9.17, 15) is 9.59 Å². The third-order valence-corrected chi connectivity index (χ3v) is 4.20. The Hall–Kier alpha value is -2.30. The van der Waals surface area contributed by atoms with Crippen LogP contribution in [0.4, 0.5) is 4.79 Å². The molecule has 0 radical (unpaired) electrons. The minimum atomic E-state index is -0.391. The van der Waals surface area contributed by atoms with Crippen LogP contribution in [0, 0.1) is 5.41 Å². The molecule has 1 aromatic carbocycles. The summed E-state index contributed by atoms with van der Waals surface area (Å²) < 4.78 is 5.15. The van der Waals surface area contributed by atoms with Crippen LogP contribution in [-0.4, -0.2) is 18.9 Å². The average molecular weight is 300 g/mol. The van der Waals surface area contributed by atoms with Crippen molar-refractivity contribution in [3.63, 3.8) is 0 Å². The number of amides is 2. The van der Waals surface area contributed by atoms with E-state index in [4.69, 9.17) is 4.74 Å². The number of methoxy groups -OCH3 is 1. The van der Waals surface area contributed by atoms with Crippen molar-refractivity contribution in [3.8, 4) is 5.75 Å². The fourth-order valence-corrected chi connectivity index (χ4v) is 3.20. The molecule has 0 saturated carbocycles. The summed E-state index contributed by atoms with van der Waals surface area (Å²) in [6.07, 6.45) is 1.20. The zero-order chi connectivity index (χ0) is 15.9. The van der Waals surface area contributed by atoms with Crippen LogP contribution in [0.3, 0.4) is 0 Å². The molecule has 3 rings (SSSR count). The second-order valence-corrected chi connectivity index (χ2v) is 6.64. The topological polar surface area (TPSA) is 67.4 Å². The van der Waals surface area contributed by atoms with Gasteiger partial charge in [0.05, 0.1) is 13.2 Å². The van der Waals surface area contributed by atoms with Crippen molar-refractivity contribution in [2.75, 3.05) is 7.11 Å². The van der Waals surface area contributed by atoms with Gasteiger partial charge in [0, 0.05) is 17.7 Å². The molecule has 2 aliphatic rings. The molecule has 0 aromatic heterocycles. The van der Waals surface area contributed by atoms with Gasteiger partial charge in [0.2, 0.25) is 0 Å². The predicted molar refractivity (Wildman–Crippen MR) is 82.5 cm³/mol. The van der Waals surface area contributed by atoms with Crippen molar-refractivity contribution < 1.29 is 14.3 Å². The summed E-state index contributed by atoms with van der Waals surface area (Å²) in [5.74, 6) is 0.842. The van der Waals surface area contributed by atoms with Crippen LogP contribution in [0.1, 0.15) is 38.3 Å². The second kappa shape index (κ2) is 5.16. The van der Waals surface area contributed by atoms with Gasteiger partial charge in [-0.15, -0.1) is 0 Å². The number of carbonyl (C=O) groups is 2. The molecule has 0 fully saturated rings. The summed E-state index contributed by atoms with van der Waals surface area (Å²) in [5.41, 5.74) is 2.21. The Kier molecular flexibility index (Phi) is 3.43. The largest absolute Gasteiger partial charge is 0.497 e. The van der Waals surface area contributed by atoms with Gasteiger partial charge in [0.1, 0.15) is 5.75 Å². The van der Waals surface area contributed by atoms with E-state index in [0.29, 0.717) is 18.4 Å². The Morgan fingerprint density at radius 1 is 1.14 bits per heavy atom.